The molecule has 0 radical (unpaired) electrons. The second-order valence-electron chi connectivity index (χ2n) is 7.68. The quantitative estimate of drug-likeness (QED) is 0.752. The Morgan fingerprint density at radius 1 is 1.21 bits per heavy atom. The van der Waals surface area contributed by atoms with Gasteiger partial charge in [0.15, 0.2) is 0 Å². The summed E-state index contributed by atoms with van der Waals surface area (Å²) in [5, 5.41) is 12.7. The molecule has 3 rings (SSSR count). The summed E-state index contributed by atoms with van der Waals surface area (Å²) < 4.78 is 5.16. The van der Waals surface area contributed by atoms with Crippen LogP contribution in [-0.2, 0) is 16.0 Å². The molecule has 154 valence electrons. The number of ether oxygens (including phenoxy) is 1. The predicted octanol–water partition coefficient (Wildman–Crippen LogP) is 0.800. The van der Waals surface area contributed by atoms with Crippen LogP contribution in [0.1, 0.15) is 31.2 Å². The van der Waals surface area contributed by atoms with E-state index in [1.165, 1.54) is 0 Å². The predicted molar refractivity (Wildman–Crippen MR) is 106 cm³/mol. The molecule has 7 nitrogen and oxygen atoms in total. The van der Waals surface area contributed by atoms with Crippen LogP contribution in [0.15, 0.2) is 24.3 Å². The van der Waals surface area contributed by atoms with Crippen LogP contribution < -0.4 is 10.1 Å². The zero-order valence-corrected chi connectivity index (χ0v) is 16.8. The Kier molecular flexibility index (Phi) is 6.91. The lowest BCUT2D eigenvalue weighted by Gasteiger charge is -2.38. The van der Waals surface area contributed by atoms with Gasteiger partial charge in [-0.2, -0.15) is 0 Å². The van der Waals surface area contributed by atoms with Gasteiger partial charge in [0.05, 0.1) is 19.3 Å². The molecule has 2 N–H and O–H groups in total. The molecule has 2 heterocycles. The monoisotopic (exact) mass is 389 g/mol. The number of aryl methyl sites for hydroxylation is 1. The van der Waals surface area contributed by atoms with Crippen molar-refractivity contribution in [2.75, 3.05) is 33.8 Å². The third kappa shape index (κ3) is 4.83. The molecule has 0 saturated carbocycles. The maximum atomic E-state index is 12.6. The van der Waals surface area contributed by atoms with Gasteiger partial charge in [-0.25, -0.2) is 0 Å². The van der Waals surface area contributed by atoms with Crippen LogP contribution in [0, 0.1) is 0 Å². The lowest BCUT2D eigenvalue weighted by Crippen LogP contribution is -2.51. The third-order valence-electron chi connectivity index (χ3n) is 5.94. The van der Waals surface area contributed by atoms with Crippen molar-refractivity contribution in [2.45, 2.75) is 50.3 Å². The molecular formula is C21H31N3O4. The largest absolute Gasteiger partial charge is 0.497 e. The van der Waals surface area contributed by atoms with Crippen LogP contribution in [0.4, 0.5) is 0 Å². The minimum Gasteiger partial charge on any atom is -0.497 e. The summed E-state index contributed by atoms with van der Waals surface area (Å²) in [6.45, 7) is 1.95. The molecule has 2 aliphatic heterocycles. The molecule has 7 heteroatoms. The number of carbonyl (C=O) groups excluding carboxylic acids is 2. The molecule has 28 heavy (non-hydrogen) atoms. The average molecular weight is 389 g/mol. The number of aliphatic hydroxyl groups excluding tert-OH is 1. The van der Waals surface area contributed by atoms with Gasteiger partial charge in [0.1, 0.15) is 5.75 Å². The van der Waals surface area contributed by atoms with E-state index < -0.39 is 6.10 Å². The number of likely N-dealkylation sites (tertiary alicyclic amines) is 2. The fourth-order valence-corrected chi connectivity index (χ4v) is 4.31. The van der Waals surface area contributed by atoms with Crippen molar-refractivity contribution in [3.8, 4) is 5.75 Å². The lowest BCUT2D eigenvalue weighted by molar-refractivity contribution is -0.133. The Morgan fingerprint density at radius 3 is 2.50 bits per heavy atom. The highest BCUT2D eigenvalue weighted by Crippen LogP contribution is 2.27. The van der Waals surface area contributed by atoms with Gasteiger partial charge in [-0.3, -0.25) is 14.5 Å². The Bertz CT molecular complexity index is 671. The number of hydrogen-bond donors (Lipinski definition) is 2. The minimum absolute atomic E-state index is 0.0328. The lowest BCUT2D eigenvalue weighted by atomic mass is 10.0. The first kappa shape index (κ1) is 20.6. The van der Waals surface area contributed by atoms with Crippen molar-refractivity contribution >= 4 is 11.8 Å². The molecule has 0 aliphatic carbocycles. The first-order valence-corrected chi connectivity index (χ1v) is 10.1. The Hall–Kier alpha value is -2.12. The van der Waals surface area contributed by atoms with Crippen molar-refractivity contribution in [3.63, 3.8) is 0 Å². The fraction of sp³-hybridized carbons (Fsp3) is 0.619. The van der Waals surface area contributed by atoms with Crippen LogP contribution >= 0.6 is 0 Å². The van der Waals surface area contributed by atoms with Gasteiger partial charge in [-0.1, -0.05) is 12.1 Å². The van der Waals surface area contributed by atoms with Crippen molar-refractivity contribution in [1.29, 1.82) is 0 Å². The van der Waals surface area contributed by atoms with Gasteiger partial charge in [0.25, 0.3) is 0 Å². The molecule has 1 aromatic carbocycles. The van der Waals surface area contributed by atoms with Gasteiger partial charge in [0.2, 0.25) is 11.8 Å². The normalized spacial score (nSPS) is 23.6. The van der Waals surface area contributed by atoms with Crippen molar-refractivity contribution in [1.82, 2.24) is 15.1 Å². The van der Waals surface area contributed by atoms with Gasteiger partial charge >= 0.3 is 0 Å². The van der Waals surface area contributed by atoms with Crippen molar-refractivity contribution in [3.05, 3.63) is 29.8 Å². The highest BCUT2D eigenvalue weighted by Gasteiger charge is 2.40. The molecule has 2 aliphatic rings. The van der Waals surface area contributed by atoms with E-state index in [0.717, 1.165) is 30.6 Å². The molecule has 2 saturated heterocycles. The molecule has 2 amide bonds. The van der Waals surface area contributed by atoms with E-state index in [2.05, 4.69) is 10.2 Å². The van der Waals surface area contributed by atoms with Crippen LogP contribution in [0.25, 0.3) is 0 Å². The number of nitrogens with one attached hydrogen (secondary N) is 1. The van der Waals surface area contributed by atoms with E-state index in [9.17, 15) is 14.7 Å². The SMILES string of the molecule is CNC(=O)[C@@H]1C[C@@H](O)CN1C1CCN(C(=O)CCc2ccc(OC)cc2)CC1. The van der Waals surface area contributed by atoms with E-state index >= 15 is 0 Å². The molecule has 0 bridgehead atoms. The van der Waals surface area contributed by atoms with Gasteiger partial charge < -0.3 is 20.1 Å². The molecule has 0 aromatic heterocycles. The summed E-state index contributed by atoms with van der Waals surface area (Å²) >= 11 is 0. The van der Waals surface area contributed by atoms with Crippen LogP contribution in [0.2, 0.25) is 0 Å². The van der Waals surface area contributed by atoms with Gasteiger partial charge in [0, 0.05) is 39.1 Å². The van der Waals surface area contributed by atoms with Crippen LogP contribution in [-0.4, -0.2) is 78.7 Å². The average Bonchev–Trinajstić information content (AvgIpc) is 3.13. The Balaban J connectivity index is 1.47. The van der Waals surface area contributed by atoms with Crippen molar-refractivity contribution in [2.24, 2.45) is 0 Å². The number of nitrogens with zero attached hydrogens (tertiary/aromatic N) is 2. The summed E-state index contributed by atoms with van der Waals surface area (Å²) in [5.74, 6) is 0.965. The molecule has 2 fully saturated rings. The molecule has 0 spiro atoms. The topological polar surface area (TPSA) is 82.1 Å². The second kappa shape index (κ2) is 9.39. The van der Waals surface area contributed by atoms with Crippen molar-refractivity contribution < 1.29 is 19.4 Å². The zero-order chi connectivity index (χ0) is 20.1. The summed E-state index contributed by atoms with van der Waals surface area (Å²) in [6, 6.07) is 7.80. The third-order valence-corrected chi connectivity index (χ3v) is 5.94. The van der Waals surface area contributed by atoms with E-state index in [4.69, 9.17) is 4.74 Å². The number of methoxy groups -OCH3 is 1. The maximum absolute atomic E-state index is 12.6. The first-order valence-electron chi connectivity index (χ1n) is 10.1. The number of carbonyl (C=O) groups is 2. The number of benzene rings is 1. The molecule has 1 aromatic rings. The number of rotatable bonds is 6. The van der Waals surface area contributed by atoms with E-state index in [-0.39, 0.29) is 23.9 Å². The first-order chi connectivity index (χ1) is 13.5. The second-order valence-corrected chi connectivity index (χ2v) is 7.68. The summed E-state index contributed by atoms with van der Waals surface area (Å²) in [6.07, 6.45) is 2.94. The highest BCUT2D eigenvalue weighted by molar-refractivity contribution is 5.82. The van der Waals surface area contributed by atoms with Crippen LogP contribution in [0.3, 0.4) is 0 Å². The Labute approximate surface area is 166 Å². The smallest absolute Gasteiger partial charge is 0.237 e. The minimum atomic E-state index is -0.452. The molecular weight excluding hydrogens is 358 g/mol. The zero-order valence-electron chi connectivity index (χ0n) is 16.8. The van der Waals surface area contributed by atoms with E-state index in [0.29, 0.717) is 32.5 Å². The summed E-state index contributed by atoms with van der Waals surface area (Å²) in [7, 11) is 3.27. The van der Waals surface area contributed by atoms with Crippen LogP contribution in [0.5, 0.6) is 5.75 Å². The number of aliphatic hydroxyl groups is 1. The number of hydrogen-bond acceptors (Lipinski definition) is 5. The van der Waals surface area contributed by atoms with Gasteiger partial charge in [-0.15, -0.1) is 0 Å². The fourth-order valence-electron chi connectivity index (χ4n) is 4.31. The number of likely N-dealkylation sites (N-methyl/N-ethyl adjacent to an activating group) is 1. The number of piperidine rings is 1. The standard InChI is InChI=1S/C21H31N3O4/c1-22-21(27)19-13-17(25)14-24(19)16-9-11-23(12-10-16)20(26)8-5-15-3-6-18(28-2)7-4-15/h3-4,6-7,16-17,19,25H,5,8-14H2,1-2H3,(H,22,27)/t17-,19+/m1/s1. The van der Waals surface area contributed by atoms with E-state index in [1.54, 1.807) is 14.2 Å². The number of amides is 2. The molecule has 2 atom stereocenters. The Morgan fingerprint density at radius 2 is 1.89 bits per heavy atom. The highest BCUT2D eigenvalue weighted by atomic mass is 16.5. The maximum Gasteiger partial charge on any atom is 0.237 e. The molecule has 0 unspecified atom stereocenters. The number of β-amino-alcohol motifs (C(OH)–C–C–N with tert-alkyl or cyclic N) is 1. The van der Waals surface area contributed by atoms with E-state index in [1.807, 2.05) is 29.2 Å². The summed E-state index contributed by atoms with van der Waals surface area (Å²) in [5.41, 5.74) is 1.13. The van der Waals surface area contributed by atoms with Gasteiger partial charge in [-0.05, 0) is 43.4 Å². The summed E-state index contributed by atoms with van der Waals surface area (Å²) in [4.78, 5) is 28.7.